The highest BCUT2D eigenvalue weighted by atomic mass is 79.9. The van der Waals surface area contributed by atoms with Gasteiger partial charge in [0.15, 0.2) is 0 Å². The molecule has 6 heteroatoms. The molecule has 1 aromatic carbocycles. The minimum atomic E-state index is 0. The Balaban J connectivity index is 0.00000176. The number of hydrogen-bond acceptors (Lipinski definition) is 3. The summed E-state index contributed by atoms with van der Waals surface area (Å²) in [5.74, 6) is 0.725. The second kappa shape index (κ2) is 8.18. The average Bonchev–Trinajstić information content (AvgIpc) is 3.16. The molecule has 2 fully saturated rings. The van der Waals surface area contributed by atoms with Crippen LogP contribution in [0.15, 0.2) is 28.7 Å². The molecule has 2 saturated heterocycles. The first-order chi connectivity index (χ1) is 10.2. The van der Waals surface area contributed by atoms with Crippen LogP contribution in [0.25, 0.3) is 0 Å². The predicted molar refractivity (Wildman–Crippen MR) is 95.7 cm³/mol. The fourth-order valence-corrected chi connectivity index (χ4v) is 3.57. The van der Waals surface area contributed by atoms with Gasteiger partial charge in [0.1, 0.15) is 0 Å². The molecule has 122 valence electrons. The molecule has 1 amide bonds. The van der Waals surface area contributed by atoms with E-state index in [2.05, 4.69) is 49.7 Å². The van der Waals surface area contributed by atoms with Crippen molar-refractivity contribution < 1.29 is 4.79 Å². The van der Waals surface area contributed by atoms with Crippen LogP contribution in [0.5, 0.6) is 0 Å². The highest BCUT2D eigenvalue weighted by molar-refractivity contribution is 9.10. The summed E-state index contributed by atoms with van der Waals surface area (Å²) in [6.07, 6.45) is 3.23. The molecular weight excluding hydrogens is 366 g/mol. The van der Waals surface area contributed by atoms with Crippen LogP contribution in [-0.4, -0.2) is 38.1 Å². The minimum absolute atomic E-state index is 0. The zero-order valence-corrected chi connectivity index (χ0v) is 15.0. The Labute approximate surface area is 146 Å². The molecule has 2 aliphatic rings. The molecule has 0 aromatic heterocycles. The number of halogens is 2. The summed E-state index contributed by atoms with van der Waals surface area (Å²) in [4.78, 5) is 14.4. The van der Waals surface area contributed by atoms with Crippen LogP contribution >= 0.6 is 28.3 Å². The van der Waals surface area contributed by atoms with Crippen molar-refractivity contribution in [3.8, 4) is 0 Å². The zero-order valence-electron chi connectivity index (χ0n) is 12.6. The van der Waals surface area contributed by atoms with Crippen LogP contribution in [0.3, 0.4) is 0 Å². The van der Waals surface area contributed by atoms with Gasteiger partial charge in [-0.15, -0.1) is 12.4 Å². The van der Waals surface area contributed by atoms with Gasteiger partial charge < -0.3 is 15.5 Å². The van der Waals surface area contributed by atoms with Crippen molar-refractivity contribution in [3.05, 3.63) is 28.7 Å². The quantitative estimate of drug-likeness (QED) is 0.833. The molecule has 22 heavy (non-hydrogen) atoms. The fourth-order valence-electron chi connectivity index (χ4n) is 3.18. The molecular formula is C16H23BrClN3O. The van der Waals surface area contributed by atoms with Gasteiger partial charge in [0.2, 0.25) is 5.91 Å². The second-order valence-electron chi connectivity index (χ2n) is 5.97. The molecule has 2 heterocycles. The van der Waals surface area contributed by atoms with E-state index in [0.717, 1.165) is 49.9 Å². The first-order valence-corrected chi connectivity index (χ1v) is 8.53. The molecule has 0 radical (unpaired) electrons. The first kappa shape index (κ1) is 17.6. The summed E-state index contributed by atoms with van der Waals surface area (Å²) >= 11 is 3.52. The smallest absolute Gasteiger partial charge is 0.237 e. The van der Waals surface area contributed by atoms with Gasteiger partial charge in [-0.2, -0.15) is 0 Å². The van der Waals surface area contributed by atoms with Crippen molar-refractivity contribution in [1.82, 2.24) is 10.6 Å². The molecule has 0 aliphatic carbocycles. The Kier molecular flexibility index (Phi) is 6.53. The molecule has 2 aliphatic heterocycles. The molecule has 0 spiro atoms. The van der Waals surface area contributed by atoms with E-state index >= 15 is 0 Å². The van der Waals surface area contributed by atoms with Gasteiger partial charge in [-0.05, 0) is 49.9 Å². The van der Waals surface area contributed by atoms with Gasteiger partial charge in [-0.1, -0.05) is 22.0 Å². The largest absolute Gasteiger partial charge is 0.371 e. The number of rotatable bonds is 4. The average molecular weight is 389 g/mol. The number of hydrogen-bond donors (Lipinski definition) is 2. The lowest BCUT2D eigenvalue weighted by Gasteiger charge is -2.19. The van der Waals surface area contributed by atoms with Crippen molar-refractivity contribution in [2.75, 3.05) is 31.1 Å². The molecule has 0 saturated carbocycles. The van der Waals surface area contributed by atoms with E-state index < -0.39 is 0 Å². The van der Waals surface area contributed by atoms with E-state index in [4.69, 9.17) is 0 Å². The summed E-state index contributed by atoms with van der Waals surface area (Å²) in [6.45, 7) is 3.85. The van der Waals surface area contributed by atoms with Crippen molar-refractivity contribution in [2.24, 2.45) is 5.92 Å². The minimum Gasteiger partial charge on any atom is -0.371 e. The SMILES string of the molecule is Cl.O=C(NCC1CCN(c2cccc(Br)c2)C1)[C@@H]1CCCN1. The molecule has 2 atom stereocenters. The third-order valence-electron chi connectivity index (χ3n) is 4.40. The van der Waals surface area contributed by atoms with E-state index in [9.17, 15) is 4.79 Å². The summed E-state index contributed by atoms with van der Waals surface area (Å²) in [5.41, 5.74) is 1.26. The lowest BCUT2D eigenvalue weighted by atomic mass is 10.1. The van der Waals surface area contributed by atoms with Crippen LogP contribution < -0.4 is 15.5 Å². The topological polar surface area (TPSA) is 44.4 Å². The number of carbonyl (C=O) groups is 1. The van der Waals surface area contributed by atoms with Gasteiger partial charge in [-0.3, -0.25) is 4.79 Å². The fraction of sp³-hybridized carbons (Fsp3) is 0.562. The zero-order chi connectivity index (χ0) is 14.7. The normalized spacial score (nSPS) is 24.1. The van der Waals surface area contributed by atoms with Gasteiger partial charge in [0.25, 0.3) is 0 Å². The molecule has 0 bridgehead atoms. The Morgan fingerprint density at radius 2 is 2.27 bits per heavy atom. The predicted octanol–water partition coefficient (Wildman–Crippen LogP) is 2.57. The third-order valence-corrected chi connectivity index (χ3v) is 4.89. The summed E-state index contributed by atoms with van der Waals surface area (Å²) in [6, 6.07) is 8.46. The molecule has 3 rings (SSSR count). The maximum absolute atomic E-state index is 12.0. The molecule has 4 nitrogen and oxygen atoms in total. The molecule has 1 unspecified atom stereocenters. The van der Waals surface area contributed by atoms with Gasteiger partial charge in [0.05, 0.1) is 6.04 Å². The van der Waals surface area contributed by atoms with Gasteiger partial charge in [-0.25, -0.2) is 0 Å². The highest BCUT2D eigenvalue weighted by Crippen LogP contribution is 2.25. The third kappa shape index (κ3) is 4.37. The van der Waals surface area contributed by atoms with Crippen molar-refractivity contribution in [1.29, 1.82) is 0 Å². The Morgan fingerprint density at radius 1 is 1.41 bits per heavy atom. The van der Waals surface area contributed by atoms with E-state index in [1.165, 1.54) is 5.69 Å². The van der Waals surface area contributed by atoms with E-state index in [0.29, 0.717) is 5.92 Å². The van der Waals surface area contributed by atoms with Gasteiger partial charge >= 0.3 is 0 Å². The maximum atomic E-state index is 12.0. The van der Waals surface area contributed by atoms with Crippen molar-refractivity contribution in [2.45, 2.75) is 25.3 Å². The maximum Gasteiger partial charge on any atom is 0.237 e. The van der Waals surface area contributed by atoms with Crippen LogP contribution in [-0.2, 0) is 4.79 Å². The molecule has 2 N–H and O–H groups in total. The molecule has 1 aromatic rings. The standard InChI is InChI=1S/C16H22BrN3O.ClH/c17-13-3-1-4-14(9-13)20-8-6-12(11-20)10-19-16(21)15-5-2-7-18-15;/h1,3-4,9,12,15,18H,2,5-8,10-11H2,(H,19,21);1H/t12?,15-;/m0./s1. The van der Waals surface area contributed by atoms with Crippen LogP contribution in [0.2, 0.25) is 0 Å². The Bertz CT molecular complexity index is 508. The van der Waals surface area contributed by atoms with Crippen LogP contribution in [0.4, 0.5) is 5.69 Å². The Hall–Kier alpha value is -0.780. The van der Waals surface area contributed by atoms with E-state index in [-0.39, 0.29) is 24.4 Å². The van der Waals surface area contributed by atoms with Gasteiger partial charge in [0, 0.05) is 29.8 Å². The second-order valence-corrected chi connectivity index (χ2v) is 6.89. The van der Waals surface area contributed by atoms with E-state index in [1.54, 1.807) is 0 Å². The summed E-state index contributed by atoms with van der Waals surface area (Å²) in [5, 5.41) is 6.36. The summed E-state index contributed by atoms with van der Waals surface area (Å²) < 4.78 is 1.11. The van der Waals surface area contributed by atoms with Crippen molar-refractivity contribution in [3.63, 3.8) is 0 Å². The number of benzene rings is 1. The number of nitrogens with zero attached hydrogens (tertiary/aromatic N) is 1. The van der Waals surface area contributed by atoms with Crippen molar-refractivity contribution >= 4 is 39.9 Å². The number of amides is 1. The Morgan fingerprint density at radius 3 is 3.00 bits per heavy atom. The number of carbonyl (C=O) groups excluding carboxylic acids is 1. The lowest BCUT2D eigenvalue weighted by molar-refractivity contribution is -0.122. The summed E-state index contributed by atoms with van der Waals surface area (Å²) in [7, 11) is 0. The van der Waals surface area contributed by atoms with Crippen LogP contribution in [0.1, 0.15) is 19.3 Å². The monoisotopic (exact) mass is 387 g/mol. The number of nitrogens with one attached hydrogen (secondary N) is 2. The first-order valence-electron chi connectivity index (χ1n) is 7.74. The van der Waals surface area contributed by atoms with Crippen LogP contribution in [0, 0.1) is 5.92 Å². The highest BCUT2D eigenvalue weighted by Gasteiger charge is 2.26. The number of anilines is 1. The van der Waals surface area contributed by atoms with E-state index in [1.807, 2.05) is 6.07 Å². The lowest BCUT2D eigenvalue weighted by Crippen LogP contribution is -2.42.